The third-order valence-corrected chi connectivity index (χ3v) is 7.93. The molecule has 2 aliphatic carbocycles. The summed E-state index contributed by atoms with van der Waals surface area (Å²) in [7, 11) is 0. The van der Waals surface area contributed by atoms with E-state index in [1.807, 2.05) is 24.3 Å². The van der Waals surface area contributed by atoms with E-state index in [0.29, 0.717) is 18.7 Å². The van der Waals surface area contributed by atoms with Gasteiger partial charge in [0.05, 0.1) is 19.0 Å². The van der Waals surface area contributed by atoms with Crippen LogP contribution in [0.15, 0.2) is 89.0 Å². The number of fused-ring (bicyclic) bond motifs is 1. The minimum Gasteiger partial charge on any atom is -0.481 e. The van der Waals surface area contributed by atoms with Crippen LogP contribution in [-0.2, 0) is 17.9 Å². The summed E-state index contributed by atoms with van der Waals surface area (Å²) in [6, 6.07) is 16.2. The van der Waals surface area contributed by atoms with Crippen LogP contribution >= 0.6 is 11.8 Å². The zero-order valence-corrected chi connectivity index (χ0v) is 23.5. The number of carbonyl (C=O) groups excluding carboxylic acids is 1. The molecule has 0 heterocycles. The molecule has 6 nitrogen and oxygen atoms in total. The summed E-state index contributed by atoms with van der Waals surface area (Å²) in [4.78, 5) is 30.8. The Bertz CT molecular complexity index is 1290. The van der Waals surface area contributed by atoms with E-state index < -0.39 is 5.97 Å². The Morgan fingerprint density at radius 2 is 1.95 bits per heavy atom. The van der Waals surface area contributed by atoms with Crippen LogP contribution in [0, 0.1) is 6.92 Å². The molecule has 0 saturated heterocycles. The van der Waals surface area contributed by atoms with E-state index in [1.165, 1.54) is 22.3 Å². The maximum Gasteiger partial charge on any atom is 0.305 e. The smallest absolute Gasteiger partial charge is 0.305 e. The summed E-state index contributed by atoms with van der Waals surface area (Å²) in [5.74, 6) is -1.19. The minimum atomic E-state index is -0.931. The summed E-state index contributed by atoms with van der Waals surface area (Å²) in [5.41, 5.74) is 6.90. The summed E-state index contributed by atoms with van der Waals surface area (Å²) in [5, 5.41) is 12.5. The monoisotopic (exact) mass is 543 g/mol. The number of amides is 1. The lowest BCUT2D eigenvalue weighted by Crippen LogP contribution is -2.41. The molecule has 1 saturated carbocycles. The molecule has 0 aromatic heterocycles. The van der Waals surface area contributed by atoms with Crippen molar-refractivity contribution in [3.8, 4) is 0 Å². The number of amidine groups is 1. The van der Waals surface area contributed by atoms with E-state index in [9.17, 15) is 9.59 Å². The second kappa shape index (κ2) is 14.0. The number of hydrogen-bond donors (Lipinski definition) is 2. The number of hydrogen-bond acceptors (Lipinski definition) is 4. The van der Waals surface area contributed by atoms with Gasteiger partial charge in [0.1, 0.15) is 0 Å². The first-order chi connectivity index (χ1) is 19.0. The van der Waals surface area contributed by atoms with E-state index >= 15 is 0 Å². The zero-order chi connectivity index (χ0) is 27.6. The number of aryl methyl sites for hydroxylation is 1. The van der Waals surface area contributed by atoms with E-state index in [0.717, 1.165) is 36.4 Å². The second-order valence-corrected chi connectivity index (χ2v) is 10.7. The lowest BCUT2D eigenvalue weighted by molar-refractivity contribution is -0.136. The van der Waals surface area contributed by atoms with Gasteiger partial charge in [-0.2, -0.15) is 0 Å². The summed E-state index contributed by atoms with van der Waals surface area (Å²) < 4.78 is 0. The largest absolute Gasteiger partial charge is 0.481 e. The maximum atomic E-state index is 12.4. The van der Waals surface area contributed by atoms with Crippen LogP contribution in [0.5, 0.6) is 0 Å². The molecule has 2 aromatic carbocycles. The number of rotatable bonds is 9. The molecule has 204 valence electrons. The summed E-state index contributed by atoms with van der Waals surface area (Å²) in [6.07, 6.45) is 15.2. The molecule has 2 aliphatic rings. The fourth-order valence-corrected chi connectivity index (χ4v) is 5.72. The van der Waals surface area contributed by atoms with Crippen molar-refractivity contribution < 1.29 is 14.7 Å². The topological polar surface area (TPSA) is 82.0 Å². The first kappa shape index (κ1) is 28.4. The molecule has 0 spiro atoms. The second-order valence-electron chi connectivity index (χ2n) is 9.88. The van der Waals surface area contributed by atoms with Crippen LogP contribution in [0.4, 0.5) is 0 Å². The molecule has 0 bridgehead atoms. The van der Waals surface area contributed by atoms with Crippen molar-refractivity contribution >= 4 is 28.8 Å². The molecule has 4 rings (SSSR count). The minimum absolute atomic E-state index is 0.0960. The van der Waals surface area contributed by atoms with Gasteiger partial charge in [-0.15, -0.1) is 0 Å². The van der Waals surface area contributed by atoms with Crippen molar-refractivity contribution in [3.05, 3.63) is 106 Å². The Morgan fingerprint density at radius 1 is 1.15 bits per heavy atom. The first-order valence-corrected chi connectivity index (χ1v) is 14.7. The Hall–Kier alpha value is -3.58. The SMILES string of the molecule is CSC(=NCc1ccccc1C)N(Cc1ccc(C(=O)NCCC(=O)O)cc1)C1CCCC2=CC=CCC=C21. The standard InChI is InChI=1S/C32H37N3O3S/c1-23-9-6-7-11-27(23)21-34-32(39-2)35(29-14-8-12-25-10-4-3-5-13-28(25)29)22-24-15-17-26(18-16-24)31(38)33-20-19-30(36)37/h3-4,6-7,9-11,13,15-18,29H,5,8,12,14,19-22H2,1-2H3,(H,33,38)(H,36,37). The van der Waals surface area contributed by atoms with Crippen molar-refractivity contribution in [2.75, 3.05) is 12.8 Å². The molecule has 1 unspecified atom stereocenters. The first-order valence-electron chi connectivity index (χ1n) is 13.5. The Morgan fingerprint density at radius 3 is 2.69 bits per heavy atom. The van der Waals surface area contributed by atoms with E-state index in [-0.39, 0.29) is 24.9 Å². The van der Waals surface area contributed by atoms with Crippen LogP contribution in [-0.4, -0.2) is 45.9 Å². The molecule has 39 heavy (non-hydrogen) atoms. The number of allylic oxidation sites excluding steroid dienone is 4. The molecule has 0 radical (unpaired) electrons. The average molecular weight is 544 g/mol. The van der Waals surface area contributed by atoms with E-state index in [4.69, 9.17) is 10.1 Å². The molecule has 1 fully saturated rings. The number of carbonyl (C=O) groups is 2. The quantitative estimate of drug-likeness (QED) is 0.287. The fourth-order valence-electron chi connectivity index (χ4n) is 5.10. The third-order valence-electron chi connectivity index (χ3n) is 7.20. The van der Waals surface area contributed by atoms with Crippen LogP contribution in [0.2, 0.25) is 0 Å². The predicted molar refractivity (Wildman–Crippen MR) is 160 cm³/mol. The number of nitrogens with one attached hydrogen (secondary N) is 1. The van der Waals surface area contributed by atoms with Gasteiger partial charge in [0.2, 0.25) is 0 Å². The summed E-state index contributed by atoms with van der Waals surface area (Å²) >= 11 is 1.68. The number of thioether (sulfide) groups is 1. The van der Waals surface area contributed by atoms with Crippen LogP contribution in [0.3, 0.4) is 0 Å². The van der Waals surface area contributed by atoms with Crippen LogP contribution in [0.1, 0.15) is 59.2 Å². The summed E-state index contributed by atoms with van der Waals surface area (Å²) in [6.45, 7) is 3.55. The van der Waals surface area contributed by atoms with Crippen molar-refractivity contribution in [1.82, 2.24) is 10.2 Å². The molecule has 2 N–H and O–H groups in total. The lowest BCUT2D eigenvalue weighted by atomic mass is 9.84. The van der Waals surface area contributed by atoms with Gasteiger partial charge in [-0.25, -0.2) is 0 Å². The van der Waals surface area contributed by atoms with E-state index in [2.05, 4.69) is 72.0 Å². The molecule has 0 aliphatic heterocycles. The number of carboxylic acids is 1. The number of aliphatic imine (C=N–C) groups is 1. The molecule has 1 atom stereocenters. The lowest BCUT2D eigenvalue weighted by Gasteiger charge is -2.39. The fraction of sp³-hybridized carbons (Fsp3) is 0.344. The van der Waals surface area contributed by atoms with Gasteiger partial charge in [-0.1, -0.05) is 72.5 Å². The number of nitrogens with zero attached hydrogens (tertiary/aromatic N) is 2. The highest BCUT2D eigenvalue weighted by Crippen LogP contribution is 2.36. The van der Waals surface area contributed by atoms with Gasteiger partial charge in [0, 0.05) is 18.7 Å². The van der Waals surface area contributed by atoms with E-state index in [1.54, 1.807) is 11.8 Å². The van der Waals surface area contributed by atoms with Crippen LogP contribution < -0.4 is 5.32 Å². The number of aliphatic carboxylic acids is 1. The normalized spacial score (nSPS) is 17.0. The molecule has 7 heteroatoms. The Labute approximate surface area is 235 Å². The van der Waals surface area contributed by atoms with Gasteiger partial charge >= 0.3 is 5.97 Å². The molecular formula is C32H37N3O3S. The highest BCUT2D eigenvalue weighted by atomic mass is 32.2. The number of carboxylic acid groups (broad SMARTS) is 1. The van der Waals surface area contributed by atoms with Crippen LogP contribution in [0.25, 0.3) is 0 Å². The van der Waals surface area contributed by atoms with Crippen molar-refractivity contribution in [2.24, 2.45) is 4.99 Å². The highest BCUT2D eigenvalue weighted by molar-refractivity contribution is 8.13. The number of benzene rings is 2. The molecule has 2 aromatic rings. The maximum absolute atomic E-state index is 12.4. The van der Waals surface area contributed by atoms with Gasteiger partial charge in [0.25, 0.3) is 5.91 Å². The van der Waals surface area contributed by atoms with Gasteiger partial charge in [0.15, 0.2) is 5.17 Å². The van der Waals surface area contributed by atoms with Crippen molar-refractivity contribution in [2.45, 2.75) is 58.2 Å². The highest BCUT2D eigenvalue weighted by Gasteiger charge is 2.30. The Kier molecular flexibility index (Phi) is 10.2. The van der Waals surface area contributed by atoms with Crippen molar-refractivity contribution in [1.29, 1.82) is 0 Å². The molecular weight excluding hydrogens is 506 g/mol. The predicted octanol–water partition coefficient (Wildman–Crippen LogP) is 6.29. The Balaban J connectivity index is 1.60. The van der Waals surface area contributed by atoms with Gasteiger partial charge < -0.3 is 15.3 Å². The van der Waals surface area contributed by atoms with Crippen molar-refractivity contribution in [3.63, 3.8) is 0 Å². The molecule has 1 amide bonds. The van der Waals surface area contributed by atoms with Gasteiger partial charge in [-0.05, 0) is 78.8 Å². The average Bonchev–Trinajstić information content (AvgIpc) is 3.19. The van der Waals surface area contributed by atoms with Gasteiger partial charge in [-0.3, -0.25) is 14.6 Å². The zero-order valence-electron chi connectivity index (χ0n) is 22.7. The third kappa shape index (κ3) is 7.73.